The molecule has 2 aromatic carbocycles. The van der Waals surface area contributed by atoms with Gasteiger partial charge >= 0.3 is 0 Å². The van der Waals surface area contributed by atoms with Gasteiger partial charge in [0.15, 0.2) is 5.78 Å². The van der Waals surface area contributed by atoms with E-state index in [1.807, 2.05) is 30.6 Å². The Bertz CT molecular complexity index is 1550. The molecule has 2 aromatic heterocycles. The van der Waals surface area contributed by atoms with E-state index in [-0.39, 0.29) is 11.7 Å². The van der Waals surface area contributed by atoms with Gasteiger partial charge in [0, 0.05) is 36.5 Å². The van der Waals surface area contributed by atoms with Gasteiger partial charge in [-0.05, 0) is 74.3 Å². The number of ketones is 1. The number of benzene rings is 2. The monoisotopic (exact) mass is 548 g/mol. The van der Waals surface area contributed by atoms with Crippen molar-refractivity contribution in [2.75, 3.05) is 0 Å². The van der Waals surface area contributed by atoms with Crippen molar-refractivity contribution in [1.82, 2.24) is 19.5 Å². The van der Waals surface area contributed by atoms with E-state index in [1.165, 1.54) is 49.0 Å². The molecule has 0 amide bonds. The number of rotatable bonds is 5. The topological polar surface area (TPSA) is 110 Å². The number of carbonyl (C=O) groups excluding carboxylic acids is 1. The molecule has 2 aliphatic carbocycles. The first kappa shape index (κ1) is 28.6. The van der Waals surface area contributed by atoms with Gasteiger partial charge in [0.2, 0.25) is 0 Å². The lowest BCUT2D eigenvalue weighted by molar-refractivity contribution is 0.101. The van der Waals surface area contributed by atoms with Crippen LogP contribution in [0.15, 0.2) is 54.9 Å². The molecular weight excluding hydrogens is 508 g/mol. The summed E-state index contributed by atoms with van der Waals surface area (Å²) in [7, 11) is 0. The van der Waals surface area contributed by atoms with Gasteiger partial charge in [-0.25, -0.2) is 15.0 Å². The number of unbranched alkanes of at least 4 members (excludes halogenated alkanes) is 1. The summed E-state index contributed by atoms with van der Waals surface area (Å²) in [6.07, 6.45) is 12.4. The molecule has 3 heterocycles. The zero-order valence-corrected chi connectivity index (χ0v) is 24.4. The number of aryl methyl sites for hydroxylation is 2. The van der Waals surface area contributed by atoms with E-state index >= 15 is 0 Å². The number of hydrogen-bond donors (Lipinski definition) is 1. The van der Waals surface area contributed by atoms with Crippen LogP contribution in [0, 0.1) is 17.2 Å². The molecule has 2 saturated carbocycles. The molecule has 1 aliphatic heterocycles. The minimum absolute atomic E-state index is 0.0274. The predicted molar refractivity (Wildman–Crippen MR) is 162 cm³/mol. The minimum Gasteiger partial charge on any atom is -0.328 e. The summed E-state index contributed by atoms with van der Waals surface area (Å²) < 4.78 is 2.30. The number of carbonyl (C=O) groups is 1. The lowest BCUT2D eigenvalue weighted by Crippen LogP contribution is -2.49. The summed E-state index contributed by atoms with van der Waals surface area (Å²) in [6.45, 7) is 7.02. The van der Waals surface area contributed by atoms with Crippen LogP contribution in [0.25, 0.3) is 22.2 Å². The highest BCUT2D eigenvalue weighted by Crippen LogP contribution is 2.42. The lowest BCUT2D eigenvalue weighted by Gasteiger charge is -2.40. The van der Waals surface area contributed by atoms with Crippen molar-refractivity contribution in [2.45, 2.75) is 90.1 Å². The quantitative estimate of drug-likeness (QED) is 0.266. The number of hydrogen-bond acceptors (Lipinski definition) is 6. The van der Waals surface area contributed by atoms with Gasteiger partial charge in [-0.15, -0.1) is 0 Å². The van der Waals surface area contributed by atoms with Crippen molar-refractivity contribution in [1.29, 1.82) is 5.26 Å². The predicted octanol–water partition coefficient (Wildman–Crippen LogP) is 7.10. The zero-order chi connectivity index (χ0) is 29.0. The second kappa shape index (κ2) is 12.3. The zero-order valence-electron chi connectivity index (χ0n) is 24.4. The molecule has 7 rings (SSSR count). The molecule has 2 fully saturated rings. The Balaban J connectivity index is 0.000000176. The normalized spacial score (nSPS) is 20.5. The number of Topliss-reactive ketones (excluding diaryl/α,β-unsaturated/α-hetero) is 1. The van der Waals surface area contributed by atoms with Crippen LogP contribution < -0.4 is 5.73 Å². The molecule has 0 saturated heterocycles. The first-order valence-corrected chi connectivity index (χ1v) is 15.0. The van der Waals surface area contributed by atoms with Crippen molar-refractivity contribution in [3.63, 3.8) is 0 Å². The summed E-state index contributed by atoms with van der Waals surface area (Å²) in [5.74, 6) is 2.75. The van der Waals surface area contributed by atoms with Gasteiger partial charge in [-0.2, -0.15) is 5.26 Å². The molecule has 0 spiro atoms. The average molecular weight is 549 g/mol. The Kier molecular flexibility index (Phi) is 8.60. The van der Waals surface area contributed by atoms with E-state index in [0.717, 1.165) is 41.1 Å². The van der Waals surface area contributed by atoms with Crippen LogP contribution in [0.1, 0.15) is 99.2 Å². The maximum absolute atomic E-state index is 11.0. The fourth-order valence-corrected chi connectivity index (χ4v) is 5.44. The van der Waals surface area contributed by atoms with Crippen molar-refractivity contribution in [2.24, 2.45) is 11.7 Å². The standard InChI is InChI=1S/C19H18N6.C11H12O.C4H10/c20-9-12-7-19(21,8-12)18-22-10-14(11-23-18)13-3-4-15-16(6-13)25-5-1-2-17(25)24-15;1-8(12)10-3-2-4-11(7-10)9-5-6-9;1-3-4-2/h3-4,6,10-12H,1-2,5,7-8,21H2;2-4,7,9H,5-6H2,1H3;3-4H2,1-2H3. The highest BCUT2D eigenvalue weighted by atomic mass is 16.1. The Hall–Kier alpha value is -3.89. The smallest absolute Gasteiger partial charge is 0.159 e. The van der Waals surface area contributed by atoms with Gasteiger partial charge in [0.1, 0.15) is 11.6 Å². The summed E-state index contributed by atoms with van der Waals surface area (Å²) >= 11 is 0. The molecule has 7 nitrogen and oxygen atoms in total. The Morgan fingerprint density at radius 3 is 2.44 bits per heavy atom. The first-order valence-electron chi connectivity index (χ1n) is 15.0. The molecule has 7 heteroatoms. The van der Waals surface area contributed by atoms with Crippen LogP contribution in [-0.2, 0) is 18.5 Å². The third-order valence-electron chi connectivity index (χ3n) is 8.29. The molecule has 0 bridgehead atoms. The second-order valence-corrected chi connectivity index (χ2v) is 11.6. The van der Waals surface area contributed by atoms with Gasteiger partial charge in [0.25, 0.3) is 0 Å². The molecule has 41 heavy (non-hydrogen) atoms. The average Bonchev–Trinajstić information content (AvgIpc) is 3.65. The first-order chi connectivity index (χ1) is 19.8. The van der Waals surface area contributed by atoms with Crippen molar-refractivity contribution in [3.05, 3.63) is 77.6 Å². The lowest BCUT2D eigenvalue weighted by atomic mass is 9.69. The highest BCUT2D eigenvalue weighted by molar-refractivity contribution is 5.94. The summed E-state index contributed by atoms with van der Waals surface area (Å²) in [6, 6.07) is 16.6. The van der Waals surface area contributed by atoms with Crippen LogP contribution in [0.3, 0.4) is 0 Å². The van der Waals surface area contributed by atoms with Gasteiger partial charge < -0.3 is 10.3 Å². The van der Waals surface area contributed by atoms with Crippen LogP contribution in [0.4, 0.5) is 0 Å². The van der Waals surface area contributed by atoms with Crippen molar-refractivity contribution in [3.8, 4) is 17.2 Å². The Morgan fingerprint density at radius 1 is 1.07 bits per heavy atom. The number of aromatic nitrogens is 4. The van der Waals surface area contributed by atoms with Gasteiger partial charge in [-0.1, -0.05) is 51.0 Å². The number of nitrogens with zero attached hydrogens (tertiary/aromatic N) is 5. The van der Waals surface area contributed by atoms with Crippen LogP contribution in [0.5, 0.6) is 0 Å². The van der Waals surface area contributed by atoms with E-state index in [2.05, 4.69) is 58.7 Å². The molecule has 0 radical (unpaired) electrons. The molecule has 3 aliphatic rings. The van der Waals surface area contributed by atoms with E-state index in [9.17, 15) is 4.79 Å². The summed E-state index contributed by atoms with van der Waals surface area (Å²) in [5, 5.41) is 8.94. The number of nitrogens with two attached hydrogens (primary N) is 1. The number of nitriles is 1. The van der Waals surface area contributed by atoms with Crippen molar-refractivity contribution < 1.29 is 4.79 Å². The van der Waals surface area contributed by atoms with Crippen molar-refractivity contribution >= 4 is 16.8 Å². The second-order valence-electron chi connectivity index (χ2n) is 11.6. The molecular formula is C34H40N6O. The largest absolute Gasteiger partial charge is 0.328 e. The van der Waals surface area contributed by atoms with Crippen LogP contribution in [0.2, 0.25) is 0 Å². The van der Waals surface area contributed by atoms with Gasteiger partial charge in [0.05, 0.1) is 28.6 Å². The fraction of sp³-hybridized carbons (Fsp3) is 0.441. The number of imidazole rings is 1. The third kappa shape index (κ3) is 6.39. The van der Waals surface area contributed by atoms with E-state index < -0.39 is 5.54 Å². The number of fused-ring (bicyclic) bond motifs is 3. The molecule has 4 aromatic rings. The molecule has 212 valence electrons. The molecule has 0 unspecified atom stereocenters. The maximum atomic E-state index is 11.0. The van der Waals surface area contributed by atoms with Crippen LogP contribution >= 0.6 is 0 Å². The van der Waals surface area contributed by atoms with Gasteiger partial charge in [-0.3, -0.25) is 4.79 Å². The summed E-state index contributed by atoms with van der Waals surface area (Å²) in [5.41, 5.74) is 12.2. The Labute approximate surface area is 242 Å². The Morgan fingerprint density at radius 2 is 1.80 bits per heavy atom. The SMILES string of the molecule is CC(=O)c1cccc(C2CC2)c1.CCCC.N#CC1CC(N)(c2ncc(-c3ccc4nc5n(c4c3)CCC5)cn2)C1. The highest BCUT2D eigenvalue weighted by Gasteiger charge is 2.44. The molecule has 0 atom stereocenters. The van der Waals surface area contributed by atoms with E-state index in [0.29, 0.717) is 18.7 Å². The van der Waals surface area contributed by atoms with E-state index in [4.69, 9.17) is 16.0 Å². The molecule has 2 N–H and O–H groups in total. The maximum Gasteiger partial charge on any atom is 0.159 e. The van der Waals surface area contributed by atoms with E-state index in [1.54, 1.807) is 6.92 Å². The third-order valence-corrected chi connectivity index (χ3v) is 8.29. The fourth-order valence-electron chi connectivity index (χ4n) is 5.44. The minimum atomic E-state index is -0.546. The van der Waals surface area contributed by atoms with Crippen LogP contribution in [-0.4, -0.2) is 25.3 Å². The summed E-state index contributed by atoms with van der Waals surface area (Å²) in [4.78, 5) is 24.7.